The van der Waals surface area contributed by atoms with E-state index in [9.17, 15) is 0 Å². The van der Waals surface area contributed by atoms with Crippen LogP contribution in [0.3, 0.4) is 0 Å². The van der Waals surface area contributed by atoms with Crippen molar-refractivity contribution in [3.8, 4) is 0 Å². The molecular weight excluding hydrogens is 260 g/mol. The topological polar surface area (TPSA) is 55.0 Å². The van der Waals surface area contributed by atoms with Crippen LogP contribution < -0.4 is 10.6 Å². The normalized spacial score (nSPS) is 22.0. The summed E-state index contributed by atoms with van der Waals surface area (Å²) in [5.74, 6) is 2.45. The van der Waals surface area contributed by atoms with Crippen LogP contribution in [0.1, 0.15) is 65.1 Å². The van der Waals surface area contributed by atoms with Gasteiger partial charge in [0.05, 0.1) is 0 Å². The maximum absolute atomic E-state index is 6.00. The van der Waals surface area contributed by atoms with Crippen molar-refractivity contribution >= 4 is 11.6 Å². The zero-order valence-electron chi connectivity index (χ0n) is 13.7. The highest BCUT2D eigenvalue weighted by Gasteiger charge is 2.37. The Hall–Kier alpha value is -1.32. The standard InChI is InChI=1S/C17H28N4/c1-16(2,3)15-19-13(18)12-14(20-15)21-10-8-17(9-11-21)6-4-5-7-17/h12H,4-11H2,1-3H3,(H2,18,19,20). The Morgan fingerprint density at radius 3 is 2.24 bits per heavy atom. The summed E-state index contributed by atoms with van der Waals surface area (Å²) in [4.78, 5) is 11.6. The molecule has 2 fully saturated rings. The number of aromatic nitrogens is 2. The third-order valence-electron chi connectivity index (χ3n) is 5.22. The number of hydrogen-bond acceptors (Lipinski definition) is 4. The molecule has 1 spiro atoms. The van der Waals surface area contributed by atoms with E-state index in [-0.39, 0.29) is 5.41 Å². The molecule has 2 aliphatic rings. The van der Waals surface area contributed by atoms with Gasteiger partial charge >= 0.3 is 0 Å². The van der Waals surface area contributed by atoms with E-state index in [1.165, 1.54) is 38.5 Å². The van der Waals surface area contributed by atoms with Gasteiger partial charge in [-0.05, 0) is 31.1 Å². The molecule has 2 heterocycles. The summed E-state index contributed by atoms with van der Waals surface area (Å²) in [6, 6.07) is 1.93. The van der Waals surface area contributed by atoms with Gasteiger partial charge in [-0.1, -0.05) is 33.6 Å². The number of piperidine rings is 1. The Bertz CT molecular complexity index is 502. The van der Waals surface area contributed by atoms with Crippen LogP contribution in [0, 0.1) is 5.41 Å². The fraction of sp³-hybridized carbons (Fsp3) is 0.765. The lowest BCUT2D eigenvalue weighted by Gasteiger charge is -2.40. The largest absolute Gasteiger partial charge is 0.384 e. The molecule has 1 aliphatic carbocycles. The summed E-state index contributed by atoms with van der Waals surface area (Å²) in [7, 11) is 0. The molecule has 1 aromatic rings. The van der Waals surface area contributed by atoms with Gasteiger partial charge < -0.3 is 10.6 Å². The lowest BCUT2D eigenvalue weighted by atomic mass is 9.77. The molecule has 3 rings (SSSR count). The highest BCUT2D eigenvalue weighted by atomic mass is 15.2. The third kappa shape index (κ3) is 2.99. The maximum atomic E-state index is 6.00. The van der Waals surface area contributed by atoms with Gasteiger partial charge in [-0.2, -0.15) is 0 Å². The molecule has 116 valence electrons. The minimum absolute atomic E-state index is 0.0629. The quantitative estimate of drug-likeness (QED) is 0.859. The van der Waals surface area contributed by atoms with Gasteiger partial charge in [0, 0.05) is 24.6 Å². The predicted octanol–water partition coefficient (Wildman–Crippen LogP) is 3.52. The Balaban J connectivity index is 1.77. The van der Waals surface area contributed by atoms with Crippen molar-refractivity contribution in [2.75, 3.05) is 23.7 Å². The molecular formula is C17H28N4. The third-order valence-corrected chi connectivity index (χ3v) is 5.22. The van der Waals surface area contributed by atoms with Crippen molar-refractivity contribution in [2.24, 2.45) is 5.41 Å². The van der Waals surface area contributed by atoms with Crippen molar-refractivity contribution in [3.05, 3.63) is 11.9 Å². The molecule has 4 heteroatoms. The molecule has 0 amide bonds. The molecule has 0 aromatic carbocycles. The molecule has 0 bridgehead atoms. The second kappa shape index (κ2) is 5.15. The van der Waals surface area contributed by atoms with E-state index in [2.05, 4.69) is 30.7 Å². The van der Waals surface area contributed by atoms with Crippen LogP contribution >= 0.6 is 0 Å². The van der Waals surface area contributed by atoms with E-state index >= 15 is 0 Å². The Morgan fingerprint density at radius 2 is 1.67 bits per heavy atom. The Morgan fingerprint density at radius 1 is 1.05 bits per heavy atom. The number of nitrogens with zero attached hydrogens (tertiary/aromatic N) is 3. The SMILES string of the molecule is CC(C)(C)c1nc(N)cc(N2CCC3(CCCC3)CC2)n1. The second-order valence-electron chi connectivity index (χ2n) is 7.92. The summed E-state index contributed by atoms with van der Waals surface area (Å²) in [6.45, 7) is 8.62. The van der Waals surface area contributed by atoms with Gasteiger partial charge in [0.2, 0.25) is 0 Å². The van der Waals surface area contributed by atoms with Crippen LogP contribution in [0.2, 0.25) is 0 Å². The molecule has 1 saturated heterocycles. The molecule has 0 atom stereocenters. The number of rotatable bonds is 1. The molecule has 4 nitrogen and oxygen atoms in total. The van der Waals surface area contributed by atoms with Crippen LogP contribution in [0.15, 0.2) is 6.07 Å². The minimum atomic E-state index is -0.0629. The van der Waals surface area contributed by atoms with Gasteiger partial charge in [0.25, 0.3) is 0 Å². The van der Waals surface area contributed by atoms with E-state index in [0.29, 0.717) is 11.2 Å². The Labute approximate surface area is 128 Å². The number of nitrogen functional groups attached to an aromatic ring is 1. The summed E-state index contributed by atoms with van der Waals surface area (Å²) in [5, 5.41) is 0. The van der Waals surface area contributed by atoms with Gasteiger partial charge in [0.1, 0.15) is 17.5 Å². The van der Waals surface area contributed by atoms with Gasteiger partial charge in [-0.25, -0.2) is 9.97 Å². The van der Waals surface area contributed by atoms with Crippen molar-refractivity contribution < 1.29 is 0 Å². The van der Waals surface area contributed by atoms with Crippen molar-refractivity contribution in [3.63, 3.8) is 0 Å². The monoisotopic (exact) mass is 288 g/mol. The molecule has 21 heavy (non-hydrogen) atoms. The first-order valence-electron chi connectivity index (χ1n) is 8.28. The lowest BCUT2D eigenvalue weighted by molar-refractivity contribution is 0.226. The van der Waals surface area contributed by atoms with Crippen LogP contribution in [-0.2, 0) is 5.41 Å². The first kappa shape index (κ1) is 14.6. The summed E-state index contributed by atoms with van der Waals surface area (Å²) < 4.78 is 0. The maximum Gasteiger partial charge on any atom is 0.138 e. The fourth-order valence-electron chi connectivity index (χ4n) is 3.79. The molecule has 0 unspecified atom stereocenters. The zero-order valence-corrected chi connectivity index (χ0v) is 13.7. The average Bonchev–Trinajstić information content (AvgIpc) is 2.86. The van der Waals surface area contributed by atoms with E-state index < -0.39 is 0 Å². The smallest absolute Gasteiger partial charge is 0.138 e. The van der Waals surface area contributed by atoms with E-state index in [0.717, 1.165) is 24.7 Å². The molecule has 1 saturated carbocycles. The second-order valence-corrected chi connectivity index (χ2v) is 7.92. The lowest BCUT2D eigenvalue weighted by Crippen LogP contribution is -2.39. The minimum Gasteiger partial charge on any atom is -0.384 e. The van der Waals surface area contributed by atoms with E-state index in [1.54, 1.807) is 0 Å². The summed E-state index contributed by atoms with van der Waals surface area (Å²) in [5.41, 5.74) is 6.58. The number of anilines is 2. The number of hydrogen-bond donors (Lipinski definition) is 1. The van der Waals surface area contributed by atoms with E-state index in [1.807, 2.05) is 6.07 Å². The summed E-state index contributed by atoms with van der Waals surface area (Å²) in [6.07, 6.45) is 8.33. The van der Waals surface area contributed by atoms with Gasteiger partial charge in [-0.15, -0.1) is 0 Å². The van der Waals surface area contributed by atoms with Crippen LogP contribution in [0.5, 0.6) is 0 Å². The van der Waals surface area contributed by atoms with Gasteiger partial charge in [-0.3, -0.25) is 0 Å². The molecule has 1 aliphatic heterocycles. The molecule has 1 aromatic heterocycles. The summed E-state index contributed by atoms with van der Waals surface area (Å²) >= 11 is 0. The average molecular weight is 288 g/mol. The number of nitrogens with two attached hydrogens (primary N) is 1. The van der Waals surface area contributed by atoms with Gasteiger partial charge in [0.15, 0.2) is 0 Å². The van der Waals surface area contributed by atoms with Crippen LogP contribution in [0.25, 0.3) is 0 Å². The molecule has 2 N–H and O–H groups in total. The first-order chi connectivity index (χ1) is 9.88. The Kier molecular flexibility index (Phi) is 3.58. The highest BCUT2D eigenvalue weighted by molar-refractivity contribution is 5.48. The highest BCUT2D eigenvalue weighted by Crippen LogP contribution is 2.46. The zero-order chi connectivity index (χ0) is 15.1. The van der Waals surface area contributed by atoms with Crippen molar-refractivity contribution in [1.29, 1.82) is 0 Å². The first-order valence-corrected chi connectivity index (χ1v) is 8.28. The predicted molar refractivity (Wildman–Crippen MR) is 87.5 cm³/mol. The van der Waals surface area contributed by atoms with Crippen molar-refractivity contribution in [2.45, 2.75) is 64.7 Å². The van der Waals surface area contributed by atoms with Crippen LogP contribution in [-0.4, -0.2) is 23.1 Å². The van der Waals surface area contributed by atoms with E-state index in [4.69, 9.17) is 10.7 Å². The fourth-order valence-corrected chi connectivity index (χ4v) is 3.79. The van der Waals surface area contributed by atoms with Crippen molar-refractivity contribution in [1.82, 2.24) is 9.97 Å². The molecule has 0 radical (unpaired) electrons. The van der Waals surface area contributed by atoms with Crippen LogP contribution in [0.4, 0.5) is 11.6 Å².